The van der Waals surface area contributed by atoms with Gasteiger partial charge in [0.15, 0.2) is 11.9 Å². The van der Waals surface area contributed by atoms with Crippen molar-refractivity contribution >= 4 is 7.82 Å². The molecule has 1 fully saturated rings. The summed E-state index contributed by atoms with van der Waals surface area (Å²) in [5.41, 5.74) is -4.10. The van der Waals surface area contributed by atoms with Crippen molar-refractivity contribution in [1.29, 1.82) is 0 Å². The number of aromatic nitrogens is 2. The van der Waals surface area contributed by atoms with Gasteiger partial charge in [-0.1, -0.05) is 0 Å². The summed E-state index contributed by atoms with van der Waals surface area (Å²) in [6.07, 6.45) is -3.82. The standard InChI is InChI=1S/C10H14FN2O8P/c1-10(11)7(15)5(4-20-22(17,18)19)21-8(10)13-3-2-6(14)12-9(13)16/h2-3,5,7-8,15H,4H2,1H3,(H,12,14,16)(H2,17,18,19)/t5-,7-,8-,10-/m1/s1. The number of H-pyrrole nitrogens is 1. The summed E-state index contributed by atoms with van der Waals surface area (Å²) in [5.74, 6) is 0. The second-order valence-corrected chi connectivity index (χ2v) is 6.17. The number of phosphoric ester groups is 1. The molecule has 1 aromatic heterocycles. The van der Waals surface area contributed by atoms with E-state index in [0.717, 1.165) is 23.8 Å². The number of aliphatic hydroxyl groups excluding tert-OH is 1. The number of hydrogen-bond donors (Lipinski definition) is 4. The molecule has 2 rings (SSSR count). The minimum Gasteiger partial charge on any atom is -0.387 e. The highest BCUT2D eigenvalue weighted by atomic mass is 31.2. The zero-order valence-electron chi connectivity index (χ0n) is 11.2. The van der Waals surface area contributed by atoms with Crippen LogP contribution in [0.25, 0.3) is 0 Å². The van der Waals surface area contributed by atoms with Gasteiger partial charge in [-0.3, -0.25) is 18.9 Å². The number of nitrogens with one attached hydrogen (secondary N) is 1. The van der Waals surface area contributed by atoms with Gasteiger partial charge in [0.05, 0.1) is 6.61 Å². The molecular formula is C10H14FN2O8P. The average molecular weight is 340 g/mol. The normalized spacial score (nSPS) is 32.3. The predicted octanol–water partition coefficient (Wildman–Crippen LogP) is -1.37. The molecule has 0 spiro atoms. The number of hydrogen-bond acceptors (Lipinski definition) is 6. The smallest absolute Gasteiger partial charge is 0.387 e. The summed E-state index contributed by atoms with van der Waals surface area (Å²) in [6, 6.07) is 0.965. The molecule has 0 unspecified atom stereocenters. The molecule has 22 heavy (non-hydrogen) atoms. The third-order valence-electron chi connectivity index (χ3n) is 3.23. The first-order valence-electron chi connectivity index (χ1n) is 6.06. The maximum Gasteiger partial charge on any atom is 0.469 e. The number of alkyl halides is 1. The summed E-state index contributed by atoms with van der Waals surface area (Å²) in [5, 5.41) is 9.87. The Morgan fingerprint density at radius 2 is 2.18 bits per heavy atom. The van der Waals surface area contributed by atoms with Crippen LogP contribution in [0.5, 0.6) is 0 Å². The summed E-state index contributed by atoms with van der Waals surface area (Å²) < 4.78 is 35.3. The fourth-order valence-electron chi connectivity index (χ4n) is 2.13. The molecule has 10 nitrogen and oxygen atoms in total. The molecule has 124 valence electrons. The fourth-order valence-corrected chi connectivity index (χ4v) is 2.47. The Kier molecular flexibility index (Phi) is 4.39. The van der Waals surface area contributed by atoms with Crippen LogP contribution in [-0.2, 0) is 13.8 Å². The highest BCUT2D eigenvalue weighted by Gasteiger charge is 2.55. The quantitative estimate of drug-likeness (QED) is 0.490. The van der Waals surface area contributed by atoms with Gasteiger partial charge in [-0.2, -0.15) is 0 Å². The van der Waals surface area contributed by atoms with Crippen LogP contribution in [0.1, 0.15) is 13.2 Å². The zero-order chi connectivity index (χ0) is 16.7. The van der Waals surface area contributed by atoms with Gasteiger partial charge >= 0.3 is 13.5 Å². The summed E-state index contributed by atoms with van der Waals surface area (Å²) >= 11 is 0. The molecule has 4 atom stereocenters. The molecule has 0 amide bonds. The maximum atomic E-state index is 14.6. The molecule has 0 aromatic carbocycles. The number of ether oxygens (including phenoxy) is 1. The van der Waals surface area contributed by atoms with Gasteiger partial charge < -0.3 is 19.6 Å². The van der Waals surface area contributed by atoms with E-state index in [1.54, 1.807) is 0 Å². The molecule has 0 radical (unpaired) electrons. The lowest BCUT2D eigenvalue weighted by Gasteiger charge is -2.24. The number of aromatic amines is 1. The molecule has 2 heterocycles. The third-order valence-corrected chi connectivity index (χ3v) is 3.71. The van der Waals surface area contributed by atoms with E-state index >= 15 is 0 Å². The average Bonchev–Trinajstić information content (AvgIpc) is 2.59. The zero-order valence-corrected chi connectivity index (χ0v) is 12.1. The van der Waals surface area contributed by atoms with Crippen molar-refractivity contribution in [2.24, 2.45) is 0 Å². The first kappa shape index (κ1) is 17.0. The van der Waals surface area contributed by atoms with Crippen LogP contribution < -0.4 is 11.2 Å². The van der Waals surface area contributed by atoms with Crippen LogP contribution >= 0.6 is 7.82 Å². The van der Waals surface area contributed by atoms with E-state index < -0.39 is 49.8 Å². The Labute approximate surface area is 122 Å². The second-order valence-electron chi connectivity index (χ2n) is 4.93. The first-order valence-corrected chi connectivity index (χ1v) is 7.59. The fraction of sp³-hybridized carbons (Fsp3) is 0.600. The number of nitrogens with zero attached hydrogens (tertiary/aromatic N) is 1. The van der Waals surface area contributed by atoms with Gasteiger partial charge in [0.2, 0.25) is 0 Å². The van der Waals surface area contributed by atoms with Crippen molar-refractivity contribution in [3.8, 4) is 0 Å². The van der Waals surface area contributed by atoms with Gasteiger partial charge in [-0.15, -0.1) is 0 Å². The summed E-state index contributed by atoms with van der Waals surface area (Å²) in [4.78, 5) is 41.8. The van der Waals surface area contributed by atoms with Crippen LogP contribution in [0.2, 0.25) is 0 Å². The van der Waals surface area contributed by atoms with E-state index in [1.807, 2.05) is 4.98 Å². The van der Waals surface area contributed by atoms with Crippen molar-refractivity contribution in [2.45, 2.75) is 31.0 Å². The van der Waals surface area contributed by atoms with Gasteiger partial charge in [0, 0.05) is 12.3 Å². The van der Waals surface area contributed by atoms with Gasteiger partial charge in [0.25, 0.3) is 5.56 Å². The van der Waals surface area contributed by atoms with E-state index in [9.17, 15) is 23.7 Å². The molecule has 0 bridgehead atoms. The molecule has 1 saturated heterocycles. The van der Waals surface area contributed by atoms with Crippen molar-refractivity contribution < 1.29 is 33.1 Å². The monoisotopic (exact) mass is 340 g/mol. The number of phosphoric acid groups is 1. The second kappa shape index (κ2) is 5.69. The molecule has 1 aromatic rings. The number of rotatable bonds is 4. The molecule has 0 aliphatic carbocycles. The van der Waals surface area contributed by atoms with Gasteiger partial charge in [0.1, 0.15) is 12.2 Å². The van der Waals surface area contributed by atoms with Crippen molar-refractivity contribution in [3.05, 3.63) is 33.1 Å². The SMILES string of the molecule is C[C@@]1(F)[C@H](O)[C@@H](COP(=O)(O)O)O[C@H]1n1ccc(=O)[nH]c1=O. The largest absolute Gasteiger partial charge is 0.469 e. The van der Waals surface area contributed by atoms with Crippen LogP contribution in [0.3, 0.4) is 0 Å². The Hall–Kier alpha value is -1.36. The Bertz CT molecular complexity index is 709. The van der Waals surface area contributed by atoms with E-state index in [1.165, 1.54) is 0 Å². The molecule has 1 aliphatic heterocycles. The van der Waals surface area contributed by atoms with Crippen molar-refractivity contribution in [1.82, 2.24) is 9.55 Å². The lowest BCUT2D eigenvalue weighted by atomic mass is 9.98. The van der Waals surface area contributed by atoms with Crippen LogP contribution in [0.15, 0.2) is 21.9 Å². The van der Waals surface area contributed by atoms with Gasteiger partial charge in [-0.05, 0) is 6.92 Å². The van der Waals surface area contributed by atoms with E-state index in [2.05, 4.69) is 4.52 Å². The van der Waals surface area contributed by atoms with E-state index in [-0.39, 0.29) is 0 Å². The Morgan fingerprint density at radius 3 is 2.73 bits per heavy atom. The minimum atomic E-state index is -4.82. The maximum absolute atomic E-state index is 14.6. The third kappa shape index (κ3) is 3.35. The molecule has 1 aliphatic rings. The molecular weight excluding hydrogens is 326 g/mol. The van der Waals surface area contributed by atoms with E-state index in [4.69, 9.17) is 14.5 Å². The number of halogens is 1. The lowest BCUT2D eigenvalue weighted by Crippen LogP contribution is -2.43. The van der Waals surface area contributed by atoms with Crippen LogP contribution in [0, 0.1) is 0 Å². The van der Waals surface area contributed by atoms with E-state index in [0.29, 0.717) is 0 Å². The highest BCUT2D eigenvalue weighted by molar-refractivity contribution is 7.46. The Balaban J connectivity index is 2.28. The minimum absolute atomic E-state index is 0.693. The molecule has 0 saturated carbocycles. The molecule has 12 heteroatoms. The Morgan fingerprint density at radius 1 is 1.55 bits per heavy atom. The summed E-state index contributed by atoms with van der Waals surface area (Å²) in [7, 11) is -4.82. The lowest BCUT2D eigenvalue weighted by molar-refractivity contribution is -0.0605. The topological polar surface area (TPSA) is 151 Å². The molecule has 4 N–H and O–H groups in total. The predicted molar refractivity (Wildman–Crippen MR) is 68.7 cm³/mol. The van der Waals surface area contributed by atoms with Crippen molar-refractivity contribution in [2.75, 3.05) is 6.61 Å². The van der Waals surface area contributed by atoms with Crippen LogP contribution in [0.4, 0.5) is 4.39 Å². The summed E-state index contributed by atoms with van der Waals surface area (Å²) in [6.45, 7) is 0.178. The van der Waals surface area contributed by atoms with Gasteiger partial charge in [-0.25, -0.2) is 13.8 Å². The highest BCUT2D eigenvalue weighted by Crippen LogP contribution is 2.43. The number of aliphatic hydroxyl groups is 1. The van der Waals surface area contributed by atoms with Crippen LogP contribution in [-0.4, -0.2) is 48.9 Å². The van der Waals surface area contributed by atoms with Crippen molar-refractivity contribution in [3.63, 3.8) is 0 Å². The first-order chi connectivity index (χ1) is 10.0.